The van der Waals surface area contributed by atoms with Crippen molar-refractivity contribution in [1.82, 2.24) is 15.5 Å². The van der Waals surface area contributed by atoms with Gasteiger partial charge in [-0.05, 0) is 29.9 Å². The van der Waals surface area contributed by atoms with Crippen LogP contribution in [0.25, 0.3) is 0 Å². The van der Waals surface area contributed by atoms with Crippen LogP contribution in [0.5, 0.6) is 0 Å². The molecular formula is C19H26N4OS. The van der Waals surface area contributed by atoms with Gasteiger partial charge in [0.1, 0.15) is 0 Å². The third kappa shape index (κ3) is 6.97. The van der Waals surface area contributed by atoms with Crippen molar-refractivity contribution in [2.45, 2.75) is 12.8 Å². The summed E-state index contributed by atoms with van der Waals surface area (Å²) in [5.74, 6) is 0.707. The van der Waals surface area contributed by atoms with Crippen molar-refractivity contribution in [1.29, 1.82) is 0 Å². The van der Waals surface area contributed by atoms with Crippen LogP contribution in [0.2, 0.25) is 0 Å². The fourth-order valence-electron chi connectivity index (χ4n) is 2.44. The Morgan fingerprint density at radius 1 is 1.12 bits per heavy atom. The Morgan fingerprint density at radius 2 is 1.92 bits per heavy atom. The lowest BCUT2D eigenvalue weighted by molar-refractivity contribution is -0.120. The van der Waals surface area contributed by atoms with E-state index in [0.29, 0.717) is 6.54 Å². The largest absolute Gasteiger partial charge is 0.354 e. The molecule has 5 nitrogen and oxygen atoms in total. The second kappa shape index (κ2) is 10.5. The second-order valence-corrected chi connectivity index (χ2v) is 6.77. The first-order valence-electron chi connectivity index (χ1n) is 8.44. The molecule has 0 bridgehead atoms. The summed E-state index contributed by atoms with van der Waals surface area (Å²) in [6.45, 7) is 1.72. The summed E-state index contributed by atoms with van der Waals surface area (Å²) in [6.07, 6.45) is 1.81. The molecule has 2 rings (SSSR count). The van der Waals surface area contributed by atoms with Crippen LogP contribution in [-0.2, 0) is 17.6 Å². The number of guanidine groups is 1. The van der Waals surface area contributed by atoms with Gasteiger partial charge in [0, 0.05) is 32.1 Å². The molecule has 25 heavy (non-hydrogen) atoms. The lowest BCUT2D eigenvalue weighted by atomic mass is 10.1. The quantitative estimate of drug-likeness (QED) is 0.562. The van der Waals surface area contributed by atoms with Gasteiger partial charge in [-0.3, -0.25) is 9.79 Å². The molecular weight excluding hydrogens is 332 g/mol. The van der Waals surface area contributed by atoms with E-state index < -0.39 is 0 Å². The number of nitrogens with one attached hydrogen (secondary N) is 2. The summed E-state index contributed by atoms with van der Waals surface area (Å²) in [7, 11) is 3.72. The van der Waals surface area contributed by atoms with Crippen molar-refractivity contribution in [2.75, 3.05) is 33.7 Å². The molecule has 1 heterocycles. The zero-order valence-corrected chi connectivity index (χ0v) is 15.7. The van der Waals surface area contributed by atoms with E-state index in [1.54, 1.807) is 18.4 Å². The predicted molar refractivity (Wildman–Crippen MR) is 105 cm³/mol. The van der Waals surface area contributed by atoms with Crippen LogP contribution in [0, 0.1) is 0 Å². The van der Waals surface area contributed by atoms with Crippen LogP contribution in [0.3, 0.4) is 0 Å². The van der Waals surface area contributed by atoms with Crippen LogP contribution in [-0.4, -0.2) is 50.5 Å². The molecule has 0 fully saturated rings. The average molecular weight is 359 g/mol. The fourth-order valence-corrected chi connectivity index (χ4v) is 3.13. The molecule has 0 atom stereocenters. The van der Waals surface area contributed by atoms with E-state index in [-0.39, 0.29) is 12.5 Å². The summed E-state index contributed by atoms with van der Waals surface area (Å²) >= 11 is 1.76. The van der Waals surface area contributed by atoms with Crippen molar-refractivity contribution in [2.24, 2.45) is 4.99 Å². The Morgan fingerprint density at radius 3 is 2.60 bits per heavy atom. The number of benzene rings is 1. The minimum atomic E-state index is -0.0243. The van der Waals surface area contributed by atoms with Crippen molar-refractivity contribution < 1.29 is 4.79 Å². The Balaban J connectivity index is 1.66. The number of hydrogen-bond donors (Lipinski definition) is 2. The van der Waals surface area contributed by atoms with Gasteiger partial charge in [-0.25, -0.2) is 0 Å². The molecule has 1 amide bonds. The number of carbonyl (C=O) groups excluding carboxylic acids is 1. The first kappa shape index (κ1) is 19.0. The molecule has 0 radical (unpaired) electrons. The number of amides is 1. The number of aliphatic imine (C=N–C) groups is 1. The van der Waals surface area contributed by atoms with Crippen LogP contribution in [0.15, 0.2) is 52.8 Å². The third-order valence-electron chi connectivity index (χ3n) is 3.83. The summed E-state index contributed by atoms with van der Waals surface area (Å²) in [6, 6.07) is 14.3. The van der Waals surface area contributed by atoms with Crippen LogP contribution < -0.4 is 10.6 Å². The average Bonchev–Trinajstić information content (AvgIpc) is 3.15. The van der Waals surface area contributed by atoms with Crippen LogP contribution in [0.4, 0.5) is 0 Å². The van der Waals surface area contributed by atoms with Gasteiger partial charge in [-0.2, -0.15) is 0 Å². The van der Waals surface area contributed by atoms with Gasteiger partial charge in [0.25, 0.3) is 0 Å². The van der Waals surface area contributed by atoms with Gasteiger partial charge in [0.15, 0.2) is 5.96 Å². The standard InChI is InChI=1S/C19H26N4OS/c1-20-19(23(2)13-11-17-9-6-14-25-17)22-15-18(24)21-12-10-16-7-4-3-5-8-16/h3-9,14H,10-13,15H2,1-2H3,(H,20,22)(H,21,24). The highest BCUT2D eigenvalue weighted by molar-refractivity contribution is 7.09. The zero-order chi connectivity index (χ0) is 17.9. The van der Waals surface area contributed by atoms with Gasteiger partial charge >= 0.3 is 0 Å². The van der Waals surface area contributed by atoms with E-state index in [1.807, 2.05) is 30.1 Å². The molecule has 6 heteroatoms. The van der Waals surface area contributed by atoms with Crippen molar-refractivity contribution in [3.63, 3.8) is 0 Å². The topological polar surface area (TPSA) is 56.7 Å². The highest BCUT2D eigenvalue weighted by atomic mass is 32.1. The van der Waals surface area contributed by atoms with Crippen LogP contribution >= 0.6 is 11.3 Å². The Bertz CT molecular complexity index is 655. The maximum atomic E-state index is 12.0. The maximum absolute atomic E-state index is 12.0. The molecule has 134 valence electrons. The fraction of sp³-hybridized carbons (Fsp3) is 0.368. The number of likely N-dealkylation sites (N-methyl/N-ethyl adjacent to an activating group) is 1. The van der Waals surface area contributed by atoms with Crippen molar-refractivity contribution in [3.05, 3.63) is 58.3 Å². The zero-order valence-electron chi connectivity index (χ0n) is 14.9. The molecule has 1 aromatic heterocycles. The molecule has 0 saturated carbocycles. The van der Waals surface area contributed by atoms with Gasteiger partial charge in [0.05, 0.1) is 6.54 Å². The molecule has 1 aromatic carbocycles. The molecule has 2 aromatic rings. The number of rotatable bonds is 8. The van der Waals surface area contributed by atoms with E-state index in [0.717, 1.165) is 25.3 Å². The maximum Gasteiger partial charge on any atom is 0.239 e. The van der Waals surface area contributed by atoms with E-state index in [4.69, 9.17) is 0 Å². The summed E-state index contributed by atoms with van der Waals surface area (Å²) in [5, 5.41) is 8.13. The molecule has 0 spiro atoms. The molecule has 0 unspecified atom stereocenters. The molecule has 2 N–H and O–H groups in total. The summed E-state index contributed by atoms with van der Waals surface area (Å²) < 4.78 is 0. The minimum Gasteiger partial charge on any atom is -0.354 e. The smallest absolute Gasteiger partial charge is 0.239 e. The Kier molecular flexibility index (Phi) is 7.98. The van der Waals surface area contributed by atoms with Gasteiger partial charge in [-0.15, -0.1) is 11.3 Å². The van der Waals surface area contributed by atoms with E-state index >= 15 is 0 Å². The van der Waals surface area contributed by atoms with E-state index in [1.165, 1.54) is 10.4 Å². The van der Waals surface area contributed by atoms with E-state index in [9.17, 15) is 4.79 Å². The van der Waals surface area contributed by atoms with Gasteiger partial charge in [-0.1, -0.05) is 36.4 Å². The highest BCUT2D eigenvalue weighted by Crippen LogP contribution is 2.09. The SMILES string of the molecule is CN=C(NCC(=O)NCCc1ccccc1)N(C)CCc1cccs1. The monoisotopic (exact) mass is 358 g/mol. The molecule has 0 aliphatic heterocycles. The Labute approximate surface area is 153 Å². The molecule has 0 aliphatic rings. The second-order valence-electron chi connectivity index (χ2n) is 5.74. The van der Waals surface area contributed by atoms with Gasteiger partial charge < -0.3 is 15.5 Å². The summed E-state index contributed by atoms with van der Waals surface area (Å²) in [4.78, 5) is 19.6. The van der Waals surface area contributed by atoms with Crippen molar-refractivity contribution in [3.8, 4) is 0 Å². The number of thiophene rings is 1. The number of hydrogen-bond acceptors (Lipinski definition) is 3. The van der Waals surface area contributed by atoms with Crippen molar-refractivity contribution >= 4 is 23.2 Å². The van der Waals surface area contributed by atoms with Gasteiger partial charge in [0.2, 0.25) is 5.91 Å². The minimum absolute atomic E-state index is 0.0243. The number of carbonyl (C=O) groups is 1. The molecule has 0 saturated heterocycles. The lowest BCUT2D eigenvalue weighted by Crippen LogP contribution is -2.44. The lowest BCUT2D eigenvalue weighted by Gasteiger charge is -2.21. The first-order chi connectivity index (χ1) is 12.2. The Hall–Kier alpha value is -2.34. The number of nitrogens with zero attached hydrogens (tertiary/aromatic N) is 2. The highest BCUT2D eigenvalue weighted by Gasteiger charge is 2.08. The normalized spacial score (nSPS) is 11.2. The van der Waals surface area contributed by atoms with Crippen LogP contribution in [0.1, 0.15) is 10.4 Å². The third-order valence-corrected chi connectivity index (χ3v) is 4.77. The first-order valence-corrected chi connectivity index (χ1v) is 9.32. The predicted octanol–water partition coefficient (Wildman–Crippen LogP) is 2.16. The summed E-state index contributed by atoms with van der Waals surface area (Å²) in [5.41, 5.74) is 1.22. The molecule has 0 aliphatic carbocycles. The van der Waals surface area contributed by atoms with E-state index in [2.05, 4.69) is 45.3 Å².